The van der Waals surface area contributed by atoms with Crippen molar-refractivity contribution in [3.8, 4) is 5.75 Å². The fourth-order valence-corrected chi connectivity index (χ4v) is 5.25. The highest BCUT2D eigenvalue weighted by Crippen LogP contribution is 2.38. The molecular weight excluding hydrogens is 474 g/mol. The molecular formula is C25H25NO8S. The second kappa shape index (κ2) is 10.7. The summed E-state index contributed by atoms with van der Waals surface area (Å²) in [5, 5.41) is 3.86. The van der Waals surface area contributed by atoms with E-state index in [1.807, 2.05) is 0 Å². The van der Waals surface area contributed by atoms with Gasteiger partial charge in [-0.15, -0.1) is 11.3 Å². The number of esters is 2. The van der Waals surface area contributed by atoms with Gasteiger partial charge in [-0.3, -0.25) is 4.79 Å². The number of ether oxygens (including phenoxy) is 3. The SMILES string of the molecule is CCOC(=O)c1c(NC(=O)COC(=O)COc2ccc3c(C)cc(=O)oc3c2)sc2c1CCCC2. The molecule has 35 heavy (non-hydrogen) atoms. The first kappa shape index (κ1) is 24.5. The predicted octanol–water partition coefficient (Wildman–Crippen LogP) is 3.78. The number of carbonyl (C=O) groups is 3. The molecule has 0 saturated heterocycles. The van der Waals surface area contributed by atoms with E-state index in [9.17, 15) is 19.2 Å². The number of nitrogens with one attached hydrogen (secondary N) is 1. The van der Waals surface area contributed by atoms with Crippen LogP contribution in [-0.4, -0.2) is 37.7 Å². The molecule has 0 spiro atoms. The molecule has 1 aliphatic carbocycles. The molecule has 9 nitrogen and oxygen atoms in total. The predicted molar refractivity (Wildman–Crippen MR) is 129 cm³/mol. The van der Waals surface area contributed by atoms with Gasteiger partial charge in [-0.05, 0) is 62.8 Å². The van der Waals surface area contributed by atoms with Crippen molar-refractivity contribution in [3.05, 3.63) is 56.3 Å². The summed E-state index contributed by atoms with van der Waals surface area (Å²) in [6.07, 6.45) is 3.63. The summed E-state index contributed by atoms with van der Waals surface area (Å²) < 4.78 is 20.8. The van der Waals surface area contributed by atoms with Gasteiger partial charge in [0, 0.05) is 22.4 Å². The molecule has 0 aliphatic heterocycles. The molecule has 1 aliphatic rings. The summed E-state index contributed by atoms with van der Waals surface area (Å²) in [6.45, 7) is 2.79. The largest absolute Gasteiger partial charge is 0.482 e. The lowest BCUT2D eigenvalue weighted by Gasteiger charge is -2.12. The summed E-state index contributed by atoms with van der Waals surface area (Å²) in [5.41, 5.74) is 1.96. The number of hydrogen-bond donors (Lipinski definition) is 1. The summed E-state index contributed by atoms with van der Waals surface area (Å²) in [6, 6.07) is 6.28. The minimum Gasteiger partial charge on any atom is -0.482 e. The highest BCUT2D eigenvalue weighted by atomic mass is 32.1. The van der Waals surface area contributed by atoms with Crippen LogP contribution in [0.2, 0.25) is 0 Å². The Morgan fingerprint density at radius 1 is 1.09 bits per heavy atom. The fraction of sp³-hybridized carbons (Fsp3) is 0.360. The molecule has 1 amide bonds. The highest BCUT2D eigenvalue weighted by Gasteiger charge is 2.27. The van der Waals surface area contributed by atoms with Gasteiger partial charge in [-0.2, -0.15) is 0 Å². The monoisotopic (exact) mass is 499 g/mol. The van der Waals surface area contributed by atoms with Crippen LogP contribution in [-0.2, 0) is 31.9 Å². The van der Waals surface area contributed by atoms with Crippen molar-refractivity contribution < 1.29 is 33.0 Å². The quantitative estimate of drug-likeness (QED) is 0.367. The molecule has 184 valence electrons. The molecule has 0 saturated carbocycles. The number of rotatable bonds is 8. The van der Waals surface area contributed by atoms with Crippen molar-refractivity contribution in [1.29, 1.82) is 0 Å². The van der Waals surface area contributed by atoms with Crippen molar-refractivity contribution in [2.24, 2.45) is 0 Å². The lowest BCUT2D eigenvalue weighted by Crippen LogP contribution is -2.24. The molecule has 1 aromatic carbocycles. The standard InChI is InChI=1S/C25H25NO8S/c1-3-31-25(30)23-17-6-4-5-7-19(17)35-24(23)26-20(27)12-33-22(29)13-32-15-8-9-16-14(2)10-21(28)34-18(16)11-15/h8-11H,3-7,12-13H2,1-2H3,(H,26,27). The molecule has 0 unspecified atom stereocenters. The van der Waals surface area contributed by atoms with E-state index < -0.39 is 36.7 Å². The summed E-state index contributed by atoms with van der Waals surface area (Å²) in [5.74, 6) is -1.46. The van der Waals surface area contributed by atoms with Crippen molar-refractivity contribution >= 4 is 45.2 Å². The Morgan fingerprint density at radius 2 is 1.89 bits per heavy atom. The van der Waals surface area contributed by atoms with E-state index in [1.165, 1.54) is 23.5 Å². The van der Waals surface area contributed by atoms with Crippen molar-refractivity contribution in [2.45, 2.75) is 39.5 Å². The van der Waals surface area contributed by atoms with Crippen LogP contribution in [0, 0.1) is 6.92 Å². The maximum absolute atomic E-state index is 12.5. The second-order valence-corrected chi connectivity index (χ2v) is 9.14. The number of hydrogen-bond acceptors (Lipinski definition) is 9. The molecule has 0 atom stereocenters. The van der Waals surface area contributed by atoms with Crippen LogP contribution < -0.4 is 15.7 Å². The zero-order valence-electron chi connectivity index (χ0n) is 19.4. The van der Waals surface area contributed by atoms with Gasteiger partial charge in [0.2, 0.25) is 0 Å². The Hall–Kier alpha value is -3.66. The number of carbonyl (C=O) groups excluding carboxylic acids is 3. The Labute approximate surface area is 205 Å². The first-order valence-corrected chi connectivity index (χ1v) is 12.1. The zero-order valence-corrected chi connectivity index (χ0v) is 20.2. The minimum absolute atomic E-state index is 0.234. The summed E-state index contributed by atoms with van der Waals surface area (Å²) >= 11 is 1.36. The first-order chi connectivity index (χ1) is 16.9. The molecule has 10 heteroatoms. The van der Waals surface area contributed by atoms with E-state index in [1.54, 1.807) is 26.0 Å². The Balaban J connectivity index is 1.33. The molecule has 0 fully saturated rings. The maximum atomic E-state index is 12.5. The molecule has 2 heterocycles. The second-order valence-electron chi connectivity index (χ2n) is 8.04. The van der Waals surface area contributed by atoms with Gasteiger partial charge in [-0.25, -0.2) is 14.4 Å². The number of benzene rings is 1. The number of anilines is 1. The topological polar surface area (TPSA) is 121 Å². The average molecular weight is 500 g/mol. The van der Waals surface area contributed by atoms with Gasteiger partial charge in [-0.1, -0.05) is 0 Å². The molecule has 2 aromatic heterocycles. The Bertz CT molecular complexity index is 1340. The third kappa shape index (κ3) is 5.71. The van der Waals surface area contributed by atoms with Crippen molar-refractivity contribution in [1.82, 2.24) is 0 Å². The third-order valence-electron chi connectivity index (χ3n) is 5.55. The molecule has 3 aromatic rings. The van der Waals surface area contributed by atoms with Gasteiger partial charge in [0.1, 0.15) is 16.3 Å². The van der Waals surface area contributed by atoms with Gasteiger partial charge >= 0.3 is 17.6 Å². The Morgan fingerprint density at radius 3 is 2.69 bits per heavy atom. The van der Waals surface area contributed by atoms with Crippen molar-refractivity contribution in [3.63, 3.8) is 0 Å². The number of amides is 1. The smallest absolute Gasteiger partial charge is 0.344 e. The highest BCUT2D eigenvalue weighted by molar-refractivity contribution is 7.17. The van der Waals surface area contributed by atoms with E-state index >= 15 is 0 Å². The van der Waals surface area contributed by atoms with E-state index in [4.69, 9.17) is 18.6 Å². The summed E-state index contributed by atoms with van der Waals surface area (Å²) in [4.78, 5) is 49.7. The van der Waals surface area contributed by atoms with E-state index in [0.29, 0.717) is 21.9 Å². The van der Waals surface area contributed by atoms with E-state index in [-0.39, 0.29) is 6.61 Å². The first-order valence-electron chi connectivity index (χ1n) is 11.3. The van der Waals surface area contributed by atoms with Crippen LogP contribution in [0.1, 0.15) is 46.1 Å². The molecule has 4 rings (SSSR count). The fourth-order valence-electron chi connectivity index (χ4n) is 3.96. The lowest BCUT2D eigenvalue weighted by molar-refractivity contribution is -0.149. The van der Waals surface area contributed by atoms with Crippen LogP contribution in [0.25, 0.3) is 11.0 Å². The van der Waals surface area contributed by atoms with E-state index in [2.05, 4.69) is 5.32 Å². The van der Waals surface area contributed by atoms with Gasteiger partial charge in [0.25, 0.3) is 5.91 Å². The van der Waals surface area contributed by atoms with Gasteiger partial charge in [0.15, 0.2) is 13.2 Å². The van der Waals surface area contributed by atoms with Gasteiger partial charge < -0.3 is 23.9 Å². The number of thiophene rings is 1. The van der Waals surface area contributed by atoms with Crippen LogP contribution in [0.15, 0.2) is 33.5 Å². The van der Waals surface area contributed by atoms with Crippen LogP contribution in [0.4, 0.5) is 5.00 Å². The van der Waals surface area contributed by atoms with E-state index in [0.717, 1.165) is 47.1 Å². The average Bonchev–Trinajstić information content (AvgIpc) is 3.19. The van der Waals surface area contributed by atoms with Crippen LogP contribution in [0.3, 0.4) is 0 Å². The molecule has 0 radical (unpaired) electrons. The Kier molecular flexibility index (Phi) is 7.50. The lowest BCUT2D eigenvalue weighted by atomic mass is 9.95. The molecule has 0 bridgehead atoms. The normalized spacial score (nSPS) is 12.6. The minimum atomic E-state index is -0.748. The maximum Gasteiger partial charge on any atom is 0.344 e. The summed E-state index contributed by atoms with van der Waals surface area (Å²) in [7, 11) is 0. The van der Waals surface area contributed by atoms with Crippen LogP contribution in [0.5, 0.6) is 5.75 Å². The number of aryl methyl sites for hydroxylation is 2. The van der Waals surface area contributed by atoms with Crippen LogP contribution >= 0.6 is 11.3 Å². The zero-order chi connectivity index (χ0) is 24.9. The number of fused-ring (bicyclic) bond motifs is 2. The van der Waals surface area contributed by atoms with Crippen molar-refractivity contribution in [2.75, 3.05) is 25.1 Å². The molecule has 1 N–H and O–H groups in total. The van der Waals surface area contributed by atoms with Gasteiger partial charge in [0.05, 0.1) is 12.2 Å². The third-order valence-corrected chi connectivity index (χ3v) is 6.75.